The van der Waals surface area contributed by atoms with Crippen LogP contribution in [-0.2, 0) is 14.8 Å². The van der Waals surface area contributed by atoms with Gasteiger partial charge in [-0.15, -0.1) is 11.8 Å². The van der Waals surface area contributed by atoms with Gasteiger partial charge < -0.3 is 15.5 Å². The van der Waals surface area contributed by atoms with Gasteiger partial charge in [0.1, 0.15) is 17.8 Å². The molecule has 1 aromatic heterocycles. The third-order valence-electron chi connectivity index (χ3n) is 5.42. The van der Waals surface area contributed by atoms with Crippen molar-refractivity contribution in [2.45, 2.75) is 30.2 Å². The summed E-state index contributed by atoms with van der Waals surface area (Å²) in [5.74, 6) is -5.74. The lowest BCUT2D eigenvalue weighted by Crippen LogP contribution is -2.52. The fraction of sp³-hybridized carbons (Fsp3) is 0.450. The topological polar surface area (TPSA) is 116 Å². The van der Waals surface area contributed by atoms with Crippen LogP contribution in [0.3, 0.4) is 0 Å². The Bertz CT molecular complexity index is 1220. The molecule has 2 aromatic rings. The maximum atomic E-state index is 14.9. The van der Waals surface area contributed by atoms with E-state index >= 15 is 0 Å². The Kier molecular flexibility index (Phi) is 6.92. The first-order valence-electron chi connectivity index (χ1n) is 10.5. The highest BCUT2D eigenvalue weighted by Crippen LogP contribution is 2.43. The van der Waals surface area contributed by atoms with Gasteiger partial charge in [-0.05, 0) is 13.5 Å². The van der Waals surface area contributed by atoms with Crippen LogP contribution in [-0.4, -0.2) is 66.9 Å². The van der Waals surface area contributed by atoms with E-state index in [0.717, 1.165) is 13.1 Å². The van der Waals surface area contributed by atoms with Gasteiger partial charge in [0.2, 0.25) is 15.9 Å². The standard InChI is InChI=1S/C20H23F3N6O3S2/c1-3-4-34(31,32)28-13-5-12(21)14(22)17(15(13)23)27-20(30)11-8-33-18-16(11)24-9-25-19(18)26-10-6-29(2)7-10/h5,9-11,28H,3-4,6-8H2,1-2H3,(H,27,30)(H,24,25,26). The largest absolute Gasteiger partial charge is 0.364 e. The van der Waals surface area contributed by atoms with Crippen molar-refractivity contribution in [2.75, 3.05) is 47.0 Å². The molecule has 1 amide bonds. The molecule has 3 heterocycles. The van der Waals surface area contributed by atoms with Crippen molar-refractivity contribution in [1.29, 1.82) is 0 Å². The summed E-state index contributed by atoms with van der Waals surface area (Å²) in [6.07, 6.45) is 1.54. The van der Waals surface area contributed by atoms with Gasteiger partial charge in [-0.25, -0.2) is 31.6 Å². The Morgan fingerprint density at radius 1 is 1.24 bits per heavy atom. The quantitative estimate of drug-likeness (QED) is 0.459. The van der Waals surface area contributed by atoms with Gasteiger partial charge >= 0.3 is 0 Å². The molecule has 0 saturated carbocycles. The summed E-state index contributed by atoms with van der Waals surface area (Å²) in [7, 11) is -1.99. The number of benzene rings is 1. The number of carbonyl (C=O) groups is 1. The third kappa shape index (κ3) is 4.93. The van der Waals surface area contributed by atoms with Crippen molar-refractivity contribution in [2.24, 2.45) is 0 Å². The molecule has 0 aliphatic carbocycles. The van der Waals surface area contributed by atoms with Crippen LogP contribution < -0.4 is 15.4 Å². The van der Waals surface area contributed by atoms with Crippen LogP contribution >= 0.6 is 11.8 Å². The summed E-state index contributed by atoms with van der Waals surface area (Å²) in [4.78, 5) is 24.2. The molecular formula is C20H23F3N6O3S2. The van der Waals surface area contributed by atoms with Crippen LogP contribution in [0.1, 0.15) is 25.0 Å². The first kappa shape index (κ1) is 24.5. The number of likely N-dealkylation sites (tertiary alicyclic amines) is 1. The predicted octanol–water partition coefficient (Wildman–Crippen LogP) is 2.60. The number of sulfonamides is 1. The van der Waals surface area contributed by atoms with Gasteiger partial charge in [0.15, 0.2) is 17.5 Å². The van der Waals surface area contributed by atoms with E-state index in [1.807, 2.05) is 11.8 Å². The third-order valence-corrected chi connectivity index (χ3v) is 8.09. The van der Waals surface area contributed by atoms with E-state index in [9.17, 15) is 26.4 Å². The Morgan fingerprint density at radius 3 is 2.65 bits per heavy atom. The van der Waals surface area contributed by atoms with E-state index in [1.165, 1.54) is 18.1 Å². The van der Waals surface area contributed by atoms with Crippen molar-refractivity contribution in [1.82, 2.24) is 14.9 Å². The lowest BCUT2D eigenvalue weighted by Gasteiger charge is -2.37. The number of hydrogen-bond donors (Lipinski definition) is 3. The zero-order valence-corrected chi connectivity index (χ0v) is 20.0. The molecule has 184 valence electrons. The summed E-state index contributed by atoms with van der Waals surface area (Å²) in [6, 6.07) is 0.611. The molecular weight excluding hydrogens is 493 g/mol. The Balaban J connectivity index is 1.56. The van der Waals surface area contributed by atoms with E-state index in [2.05, 4.69) is 25.5 Å². The first-order valence-corrected chi connectivity index (χ1v) is 13.1. The molecule has 34 heavy (non-hydrogen) atoms. The maximum Gasteiger partial charge on any atom is 0.234 e. The van der Waals surface area contributed by atoms with Gasteiger partial charge in [-0.1, -0.05) is 6.92 Å². The monoisotopic (exact) mass is 516 g/mol. The van der Waals surface area contributed by atoms with Crippen molar-refractivity contribution in [3.05, 3.63) is 35.5 Å². The van der Waals surface area contributed by atoms with Crippen LogP contribution in [0.4, 0.5) is 30.4 Å². The number of carbonyl (C=O) groups excluding carboxylic acids is 1. The number of halogens is 3. The van der Waals surface area contributed by atoms with Crippen LogP contribution in [0.2, 0.25) is 0 Å². The fourth-order valence-electron chi connectivity index (χ4n) is 3.80. The highest BCUT2D eigenvalue weighted by atomic mass is 32.2. The number of aromatic nitrogens is 2. The van der Waals surface area contributed by atoms with Crippen molar-refractivity contribution in [3.8, 4) is 0 Å². The molecule has 14 heteroatoms. The van der Waals surface area contributed by atoms with E-state index in [1.54, 1.807) is 6.92 Å². The first-order chi connectivity index (χ1) is 16.1. The number of nitrogens with one attached hydrogen (secondary N) is 3. The molecule has 0 bridgehead atoms. The number of rotatable bonds is 8. The molecule has 2 aliphatic rings. The molecule has 3 N–H and O–H groups in total. The van der Waals surface area contributed by atoms with E-state index in [0.29, 0.717) is 22.5 Å². The van der Waals surface area contributed by atoms with Gasteiger partial charge in [0.25, 0.3) is 0 Å². The second-order valence-electron chi connectivity index (χ2n) is 8.18. The second kappa shape index (κ2) is 9.58. The minimum absolute atomic E-state index is 0.211. The van der Waals surface area contributed by atoms with E-state index < -0.39 is 50.7 Å². The maximum absolute atomic E-state index is 14.9. The Morgan fingerprint density at radius 2 is 1.97 bits per heavy atom. The zero-order chi connectivity index (χ0) is 24.6. The molecule has 2 aliphatic heterocycles. The minimum atomic E-state index is -3.98. The fourth-order valence-corrected chi connectivity index (χ4v) is 6.15. The SMILES string of the molecule is CCCS(=O)(=O)Nc1cc(F)c(F)c(NC(=O)C2CSc3c(NC4CN(C)C4)ncnc32)c1F. The van der Waals surface area contributed by atoms with E-state index in [4.69, 9.17) is 0 Å². The van der Waals surface area contributed by atoms with Gasteiger partial charge in [0.05, 0.1) is 34.0 Å². The summed E-state index contributed by atoms with van der Waals surface area (Å²) >= 11 is 1.33. The van der Waals surface area contributed by atoms with Crippen molar-refractivity contribution < 1.29 is 26.4 Å². The number of likely N-dealkylation sites (N-methyl/N-ethyl adjacent to an activating group) is 1. The Labute approximate surface area is 199 Å². The molecule has 1 fully saturated rings. The smallest absolute Gasteiger partial charge is 0.234 e. The van der Waals surface area contributed by atoms with Gasteiger partial charge in [0, 0.05) is 24.9 Å². The molecule has 1 unspecified atom stereocenters. The number of amides is 1. The van der Waals surface area contributed by atoms with Crippen LogP contribution in [0, 0.1) is 17.5 Å². The summed E-state index contributed by atoms with van der Waals surface area (Å²) in [6.45, 7) is 3.28. The molecule has 0 spiro atoms. The number of nitrogens with zero attached hydrogens (tertiary/aromatic N) is 3. The summed E-state index contributed by atoms with van der Waals surface area (Å²) in [5.41, 5.74) is -1.46. The summed E-state index contributed by atoms with van der Waals surface area (Å²) < 4.78 is 69.3. The number of thioether (sulfide) groups is 1. The minimum Gasteiger partial charge on any atom is -0.364 e. The van der Waals surface area contributed by atoms with Crippen LogP contribution in [0.25, 0.3) is 0 Å². The molecule has 1 saturated heterocycles. The highest BCUT2D eigenvalue weighted by molar-refractivity contribution is 7.99. The number of anilines is 3. The average molecular weight is 517 g/mol. The van der Waals surface area contributed by atoms with Crippen LogP contribution in [0.15, 0.2) is 17.3 Å². The molecule has 1 aromatic carbocycles. The average Bonchev–Trinajstić information content (AvgIpc) is 3.19. The summed E-state index contributed by atoms with van der Waals surface area (Å²) in [5, 5.41) is 5.39. The van der Waals surface area contributed by atoms with E-state index in [-0.39, 0.29) is 24.0 Å². The molecule has 9 nitrogen and oxygen atoms in total. The highest BCUT2D eigenvalue weighted by Gasteiger charge is 2.35. The van der Waals surface area contributed by atoms with Crippen molar-refractivity contribution in [3.63, 3.8) is 0 Å². The van der Waals surface area contributed by atoms with Crippen molar-refractivity contribution >= 4 is 44.9 Å². The molecule has 0 radical (unpaired) electrons. The normalized spacial score (nSPS) is 18.3. The lowest BCUT2D eigenvalue weighted by atomic mass is 10.1. The Hall–Kier alpha value is -2.58. The molecule has 1 atom stereocenters. The second-order valence-corrected chi connectivity index (χ2v) is 11.1. The zero-order valence-electron chi connectivity index (χ0n) is 18.4. The van der Waals surface area contributed by atoms with Crippen LogP contribution in [0.5, 0.6) is 0 Å². The number of hydrogen-bond acceptors (Lipinski definition) is 8. The molecule has 4 rings (SSSR count). The predicted molar refractivity (Wildman–Crippen MR) is 123 cm³/mol. The van der Waals surface area contributed by atoms with Gasteiger partial charge in [-0.2, -0.15) is 0 Å². The number of fused-ring (bicyclic) bond motifs is 1. The van der Waals surface area contributed by atoms with Gasteiger partial charge in [-0.3, -0.25) is 9.52 Å². The lowest BCUT2D eigenvalue weighted by molar-refractivity contribution is -0.117.